The first-order chi connectivity index (χ1) is 6.50. The van der Waals surface area contributed by atoms with Gasteiger partial charge in [-0.3, -0.25) is 0 Å². The summed E-state index contributed by atoms with van der Waals surface area (Å²) < 4.78 is 1.15. The lowest BCUT2D eigenvalue weighted by molar-refractivity contribution is 0.150. The maximum Gasteiger partial charge on any atom is 0.0690 e. The van der Waals surface area contributed by atoms with Crippen molar-refractivity contribution >= 4 is 15.9 Å². The van der Waals surface area contributed by atoms with E-state index in [1.807, 2.05) is 0 Å². The topological polar surface area (TPSA) is 20.2 Å². The molecule has 76 valence electrons. The number of rotatable bonds is 2. The van der Waals surface area contributed by atoms with Gasteiger partial charge in [0.25, 0.3) is 0 Å². The molecule has 1 aromatic carbocycles. The van der Waals surface area contributed by atoms with Crippen LogP contribution in [0.25, 0.3) is 0 Å². The van der Waals surface area contributed by atoms with Gasteiger partial charge in [0.05, 0.1) is 5.60 Å². The third-order valence-electron chi connectivity index (χ3n) is 2.94. The molecule has 0 aliphatic heterocycles. The smallest absolute Gasteiger partial charge is 0.0690 e. The van der Waals surface area contributed by atoms with Crippen molar-refractivity contribution in [3.05, 3.63) is 33.3 Å². The maximum absolute atomic E-state index is 9.87. The maximum atomic E-state index is 9.87. The first-order valence-corrected chi connectivity index (χ1v) is 5.77. The summed E-state index contributed by atoms with van der Waals surface area (Å²) in [5, 5.41) is 9.87. The zero-order valence-corrected chi connectivity index (χ0v) is 10.2. The molecule has 1 aliphatic rings. The lowest BCUT2D eigenvalue weighted by atomic mass is 9.99. The van der Waals surface area contributed by atoms with Crippen LogP contribution in [0.1, 0.15) is 29.5 Å². The molecular formula is C12H15BrO. The van der Waals surface area contributed by atoms with Gasteiger partial charge in [0.2, 0.25) is 0 Å². The van der Waals surface area contributed by atoms with Crippen molar-refractivity contribution in [1.82, 2.24) is 0 Å². The summed E-state index contributed by atoms with van der Waals surface area (Å²) in [5.41, 5.74) is 3.40. The molecule has 0 aromatic heterocycles. The average molecular weight is 255 g/mol. The van der Waals surface area contributed by atoms with Crippen LogP contribution in [0.15, 0.2) is 16.6 Å². The molecular weight excluding hydrogens is 240 g/mol. The highest BCUT2D eigenvalue weighted by Crippen LogP contribution is 2.39. The summed E-state index contributed by atoms with van der Waals surface area (Å²) in [6.07, 6.45) is 2.72. The first-order valence-electron chi connectivity index (χ1n) is 4.98. The Morgan fingerprint density at radius 1 is 1.36 bits per heavy atom. The lowest BCUT2D eigenvalue weighted by Crippen LogP contribution is -2.12. The van der Waals surface area contributed by atoms with Gasteiger partial charge in [-0.15, -0.1) is 0 Å². The molecule has 1 aliphatic carbocycles. The second-order valence-electron chi connectivity index (χ2n) is 4.43. The lowest BCUT2D eigenvalue weighted by Gasteiger charge is -2.12. The Hall–Kier alpha value is -0.340. The van der Waals surface area contributed by atoms with Crippen molar-refractivity contribution in [1.29, 1.82) is 0 Å². The molecule has 0 unspecified atom stereocenters. The van der Waals surface area contributed by atoms with Gasteiger partial charge in [0, 0.05) is 10.9 Å². The van der Waals surface area contributed by atoms with E-state index in [1.54, 1.807) is 0 Å². The van der Waals surface area contributed by atoms with Crippen LogP contribution in [0.5, 0.6) is 0 Å². The molecule has 0 saturated heterocycles. The molecule has 1 saturated carbocycles. The third-order valence-corrected chi connectivity index (χ3v) is 3.77. The van der Waals surface area contributed by atoms with Crippen molar-refractivity contribution in [2.75, 3.05) is 0 Å². The fourth-order valence-electron chi connectivity index (χ4n) is 1.75. The Morgan fingerprint density at radius 2 is 2.00 bits per heavy atom. The predicted octanol–water partition coefficient (Wildman–Crippen LogP) is 3.13. The number of hydrogen-bond donors (Lipinski definition) is 1. The van der Waals surface area contributed by atoms with Crippen LogP contribution in [0.4, 0.5) is 0 Å². The number of benzene rings is 1. The highest BCUT2D eigenvalue weighted by molar-refractivity contribution is 9.10. The van der Waals surface area contributed by atoms with Gasteiger partial charge in [-0.1, -0.05) is 22.0 Å². The van der Waals surface area contributed by atoms with Crippen LogP contribution in [-0.2, 0) is 6.42 Å². The molecule has 1 nitrogen and oxygen atoms in total. The molecule has 2 rings (SSSR count). The second-order valence-corrected chi connectivity index (χ2v) is 5.29. The average Bonchev–Trinajstić information content (AvgIpc) is 2.79. The first kappa shape index (κ1) is 10.2. The third kappa shape index (κ3) is 2.01. The van der Waals surface area contributed by atoms with E-state index >= 15 is 0 Å². The second kappa shape index (κ2) is 3.35. The molecule has 0 bridgehead atoms. The summed E-state index contributed by atoms with van der Waals surface area (Å²) >= 11 is 3.54. The number of halogens is 1. The van der Waals surface area contributed by atoms with E-state index in [4.69, 9.17) is 0 Å². The van der Waals surface area contributed by atoms with Crippen LogP contribution in [0, 0.1) is 13.8 Å². The quantitative estimate of drug-likeness (QED) is 0.860. The summed E-state index contributed by atoms with van der Waals surface area (Å²) in [5.74, 6) is 0. The van der Waals surface area contributed by atoms with Crippen LogP contribution in [-0.4, -0.2) is 10.7 Å². The van der Waals surface area contributed by atoms with Crippen LogP contribution in [0.3, 0.4) is 0 Å². The monoisotopic (exact) mass is 254 g/mol. The van der Waals surface area contributed by atoms with Crippen molar-refractivity contribution < 1.29 is 5.11 Å². The van der Waals surface area contributed by atoms with Crippen LogP contribution >= 0.6 is 15.9 Å². The Balaban J connectivity index is 2.32. The fraction of sp³-hybridized carbons (Fsp3) is 0.500. The van der Waals surface area contributed by atoms with Gasteiger partial charge < -0.3 is 5.11 Å². The van der Waals surface area contributed by atoms with E-state index in [0.717, 1.165) is 23.7 Å². The van der Waals surface area contributed by atoms with E-state index < -0.39 is 5.60 Å². The SMILES string of the molecule is Cc1cc(Br)c(C)c(CC2(O)CC2)c1. The zero-order chi connectivity index (χ0) is 10.3. The van der Waals surface area contributed by atoms with Crippen LogP contribution in [0.2, 0.25) is 0 Å². The Morgan fingerprint density at radius 3 is 2.57 bits per heavy atom. The Labute approximate surface area is 93.3 Å². The van der Waals surface area contributed by atoms with Crippen molar-refractivity contribution in [3.63, 3.8) is 0 Å². The van der Waals surface area contributed by atoms with E-state index in [2.05, 4.69) is 41.9 Å². The molecule has 14 heavy (non-hydrogen) atoms. The molecule has 0 radical (unpaired) electrons. The normalized spacial score (nSPS) is 18.3. The van der Waals surface area contributed by atoms with Gasteiger partial charge in [-0.2, -0.15) is 0 Å². The minimum atomic E-state index is -0.391. The highest BCUT2D eigenvalue weighted by Gasteiger charge is 2.40. The van der Waals surface area contributed by atoms with E-state index in [9.17, 15) is 5.11 Å². The van der Waals surface area contributed by atoms with Crippen molar-refractivity contribution in [2.45, 2.75) is 38.7 Å². The van der Waals surface area contributed by atoms with Gasteiger partial charge >= 0.3 is 0 Å². The summed E-state index contributed by atoms with van der Waals surface area (Å²) in [7, 11) is 0. The van der Waals surface area contributed by atoms with Crippen LogP contribution < -0.4 is 0 Å². The molecule has 0 atom stereocenters. The van der Waals surface area contributed by atoms with E-state index in [1.165, 1.54) is 16.7 Å². The van der Waals surface area contributed by atoms with Gasteiger partial charge in [0.15, 0.2) is 0 Å². The summed E-state index contributed by atoms with van der Waals surface area (Å²) in [6, 6.07) is 4.30. The zero-order valence-electron chi connectivity index (χ0n) is 8.60. The van der Waals surface area contributed by atoms with Gasteiger partial charge in [0.1, 0.15) is 0 Å². The predicted molar refractivity (Wildman–Crippen MR) is 61.5 cm³/mol. The highest BCUT2D eigenvalue weighted by atomic mass is 79.9. The minimum absolute atomic E-state index is 0.391. The number of aliphatic hydroxyl groups is 1. The molecule has 2 heteroatoms. The van der Waals surface area contributed by atoms with Crippen molar-refractivity contribution in [3.8, 4) is 0 Å². The van der Waals surface area contributed by atoms with Crippen molar-refractivity contribution in [2.24, 2.45) is 0 Å². The molecule has 0 heterocycles. The van der Waals surface area contributed by atoms with Gasteiger partial charge in [-0.05, 0) is 49.4 Å². The molecule has 1 aromatic rings. The minimum Gasteiger partial charge on any atom is -0.390 e. The number of hydrogen-bond acceptors (Lipinski definition) is 1. The standard InChI is InChI=1S/C12H15BrO/c1-8-5-10(7-12(14)3-4-12)9(2)11(13)6-8/h5-6,14H,3-4,7H2,1-2H3. The number of aryl methyl sites for hydroxylation is 1. The largest absolute Gasteiger partial charge is 0.390 e. The fourth-order valence-corrected chi connectivity index (χ4v) is 2.36. The molecule has 0 spiro atoms. The molecule has 1 fully saturated rings. The Bertz CT molecular complexity index is 367. The molecule has 0 amide bonds. The Kier molecular flexibility index (Phi) is 2.44. The molecule has 1 N–H and O–H groups in total. The van der Waals surface area contributed by atoms with E-state index in [0.29, 0.717) is 0 Å². The van der Waals surface area contributed by atoms with Gasteiger partial charge in [-0.25, -0.2) is 0 Å². The summed E-state index contributed by atoms with van der Waals surface area (Å²) in [4.78, 5) is 0. The van der Waals surface area contributed by atoms with E-state index in [-0.39, 0.29) is 0 Å². The summed E-state index contributed by atoms with van der Waals surface area (Å²) in [6.45, 7) is 4.19.